The molecule has 3 rings (SSSR count). The number of aromatic hydroxyl groups is 1. The molecule has 0 spiro atoms. The Morgan fingerprint density at radius 1 is 1.30 bits per heavy atom. The Kier molecular flexibility index (Phi) is 4.80. The molecule has 1 saturated heterocycles. The Morgan fingerprint density at radius 3 is 2.75 bits per heavy atom. The number of hydrogen-bond acceptors (Lipinski definition) is 2. The van der Waals surface area contributed by atoms with Gasteiger partial charge in [-0.15, -0.1) is 17.0 Å². The highest BCUT2D eigenvalue weighted by Gasteiger charge is 2.46. The van der Waals surface area contributed by atoms with E-state index in [-0.39, 0.29) is 22.4 Å². The standard InChI is InChI=1S/C17H25NO.BrH/c1-3-17(4-2)14-6-5-9-18-16(14)10-12-7-8-13(19)11-15(12)17;/h7-8,11,14,16,18-19H,3-6,9-10H2,1-2H3;1H/t14-,16-;/m1./s1. The number of fused-ring (bicyclic) bond motifs is 2. The van der Waals surface area contributed by atoms with Gasteiger partial charge in [-0.2, -0.15) is 0 Å². The first-order chi connectivity index (χ1) is 9.21. The number of nitrogens with one attached hydrogen (secondary N) is 1. The van der Waals surface area contributed by atoms with E-state index < -0.39 is 0 Å². The van der Waals surface area contributed by atoms with Crippen molar-refractivity contribution in [3.8, 4) is 5.75 Å². The minimum Gasteiger partial charge on any atom is -0.508 e. The van der Waals surface area contributed by atoms with E-state index in [1.807, 2.05) is 12.1 Å². The van der Waals surface area contributed by atoms with Gasteiger partial charge in [0.2, 0.25) is 0 Å². The third-order valence-corrected chi connectivity index (χ3v) is 5.63. The number of phenols is 1. The normalized spacial score (nSPS) is 27.1. The van der Waals surface area contributed by atoms with Crippen molar-refractivity contribution in [2.75, 3.05) is 6.54 Å². The third-order valence-electron chi connectivity index (χ3n) is 5.63. The molecular weight excluding hydrogens is 314 g/mol. The van der Waals surface area contributed by atoms with Crippen LogP contribution in [0.15, 0.2) is 18.2 Å². The van der Waals surface area contributed by atoms with Crippen LogP contribution in [0.5, 0.6) is 5.75 Å². The molecular formula is C17H26BrNO. The van der Waals surface area contributed by atoms with Gasteiger partial charge in [-0.25, -0.2) is 0 Å². The molecule has 0 bridgehead atoms. The summed E-state index contributed by atoms with van der Waals surface area (Å²) in [7, 11) is 0. The Hall–Kier alpha value is -0.540. The fourth-order valence-electron chi connectivity index (χ4n) is 4.63. The zero-order chi connectivity index (χ0) is 13.5. The molecule has 112 valence electrons. The maximum absolute atomic E-state index is 9.89. The molecule has 1 heterocycles. The molecule has 2 atom stereocenters. The van der Waals surface area contributed by atoms with Gasteiger partial charge in [0.15, 0.2) is 0 Å². The Balaban J connectivity index is 0.00000147. The van der Waals surface area contributed by atoms with E-state index in [2.05, 4.69) is 25.2 Å². The van der Waals surface area contributed by atoms with Crippen molar-refractivity contribution in [2.24, 2.45) is 5.92 Å². The van der Waals surface area contributed by atoms with Gasteiger partial charge in [0.1, 0.15) is 5.75 Å². The zero-order valence-corrected chi connectivity index (χ0v) is 14.2. The number of hydrogen-bond donors (Lipinski definition) is 2. The molecule has 0 saturated carbocycles. The molecule has 2 N–H and O–H groups in total. The van der Waals surface area contributed by atoms with Crippen molar-refractivity contribution in [2.45, 2.75) is 57.4 Å². The number of halogens is 1. The summed E-state index contributed by atoms with van der Waals surface area (Å²) in [4.78, 5) is 0. The van der Waals surface area contributed by atoms with Gasteiger partial charge in [0.25, 0.3) is 0 Å². The molecule has 1 fully saturated rings. The quantitative estimate of drug-likeness (QED) is 0.854. The van der Waals surface area contributed by atoms with E-state index in [0.29, 0.717) is 11.8 Å². The maximum Gasteiger partial charge on any atom is 0.115 e. The molecule has 1 aliphatic heterocycles. The van der Waals surface area contributed by atoms with Crippen LogP contribution in [0, 0.1) is 5.92 Å². The van der Waals surface area contributed by atoms with Crippen LogP contribution in [0.2, 0.25) is 0 Å². The molecule has 2 aliphatic rings. The topological polar surface area (TPSA) is 32.3 Å². The van der Waals surface area contributed by atoms with E-state index in [0.717, 1.165) is 18.9 Å². The molecule has 3 heteroatoms. The number of benzene rings is 1. The van der Waals surface area contributed by atoms with Crippen LogP contribution in [-0.2, 0) is 11.8 Å². The van der Waals surface area contributed by atoms with Crippen LogP contribution in [0.4, 0.5) is 0 Å². The van der Waals surface area contributed by atoms with Crippen LogP contribution in [0.1, 0.15) is 50.7 Å². The summed E-state index contributed by atoms with van der Waals surface area (Å²) in [6.07, 6.45) is 6.08. The van der Waals surface area contributed by atoms with E-state index in [1.54, 1.807) is 0 Å². The van der Waals surface area contributed by atoms with Crippen LogP contribution in [-0.4, -0.2) is 17.7 Å². The number of rotatable bonds is 2. The third kappa shape index (κ3) is 2.29. The minimum absolute atomic E-state index is 0. The summed E-state index contributed by atoms with van der Waals surface area (Å²) in [5.41, 5.74) is 3.12. The molecule has 0 radical (unpaired) electrons. The molecule has 0 unspecified atom stereocenters. The first-order valence-electron chi connectivity index (χ1n) is 7.77. The van der Waals surface area contributed by atoms with Crippen LogP contribution in [0.25, 0.3) is 0 Å². The van der Waals surface area contributed by atoms with Gasteiger partial charge in [-0.05, 0) is 73.2 Å². The molecule has 2 nitrogen and oxygen atoms in total. The fraction of sp³-hybridized carbons (Fsp3) is 0.647. The molecule has 1 aromatic rings. The smallest absolute Gasteiger partial charge is 0.115 e. The summed E-state index contributed by atoms with van der Waals surface area (Å²) in [5, 5.41) is 13.6. The molecule has 20 heavy (non-hydrogen) atoms. The van der Waals surface area contributed by atoms with Crippen LogP contribution in [0.3, 0.4) is 0 Å². The van der Waals surface area contributed by atoms with Crippen LogP contribution < -0.4 is 5.32 Å². The van der Waals surface area contributed by atoms with E-state index >= 15 is 0 Å². The van der Waals surface area contributed by atoms with E-state index in [9.17, 15) is 5.11 Å². The first-order valence-corrected chi connectivity index (χ1v) is 7.77. The van der Waals surface area contributed by atoms with Gasteiger partial charge < -0.3 is 10.4 Å². The minimum atomic E-state index is 0. The Morgan fingerprint density at radius 2 is 2.05 bits per heavy atom. The molecule has 0 amide bonds. The zero-order valence-electron chi connectivity index (χ0n) is 12.5. The average molecular weight is 340 g/mol. The second-order valence-corrected chi connectivity index (χ2v) is 6.22. The van der Waals surface area contributed by atoms with Crippen molar-refractivity contribution in [1.29, 1.82) is 0 Å². The highest BCUT2D eigenvalue weighted by atomic mass is 79.9. The SMILES string of the molecule is Br.CCC1(CC)c2cc(O)ccc2C[C@H]2NCCC[C@H]21. The van der Waals surface area contributed by atoms with Gasteiger partial charge >= 0.3 is 0 Å². The monoisotopic (exact) mass is 339 g/mol. The van der Waals surface area contributed by atoms with Gasteiger partial charge in [0.05, 0.1) is 0 Å². The summed E-state index contributed by atoms with van der Waals surface area (Å²) >= 11 is 0. The molecule has 1 aliphatic carbocycles. The summed E-state index contributed by atoms with van der Waals surface area (Å²) in [6.45, 7) is 5.79. The average Bonchev–Trinajstić information content (AvgIpc) is 2.45. The Labute approximate surface area is 132 Å². The van der Waals surface area contributed by atoms with Crippen molar-refractivity contribution in [3.63, 3.8) is 0 Å². The van der Waals surface area contributed by atoms with Crippen molar-refractivity contribution in [1.82, 2.24) is 5.32 Å². The van der Waals surface area contributed by atoms with Gasteiger partial charge in [0, 0.05) is 6.04 Å². The lowest BCUT2D eigenvalue weighted by atomic mass is 9.57. The van der Waals surface area contributed by atoms with Crippen LogP contribution >= 0.6 is 17.0 Å². The van der Waals surface area contributed by atoms with Gasteiger partial charge in [-0.1, -0.05) is 19.9 Å². The number of phenolic OH excluding ortho intramolecular Hbond substituents is 1. The van der Waals surface area contributed by atoms with Gasteiger partial charge in [-0.3, -0.25) is 0 Å². The lowest BCUT2D eigenvalue weighted by molar-refractivity contribution is 0.131. The lowest BCUT2D eigenvalue weighted by Gasteiger charge is -2.51. The molecule has 0 aromatic heterocycles. The second kappa shape index (κ2) is 6.07. The lowest BCUT2D eigenvalue weighted by Crippen LogP contribution is -2.55. The predicted molar refractivity (Wildman–Crippen MR) is 88.9 cm³/mol. The molecule has 1 aromatic carbocycles. The van der Waals surface area contributed by atoms with Crippen molar-refractivity contribution in [3.05, 3.63) is 29.3 Å². The van der Waals surface area contributed by atoms with E-state index in [1.165, 1.54) is 36.8 Å². The summed E-state index contributed by atoms with van der Waals surface area (Å²) in [5.74, 6) is 1.15. The second-order valence-electron chi connectivity index (χ2n) is 6.22. The highest BCUT2D eigenvalue weighted by molar-refractivity contribution is 8.93. The number of piperidine rings is 1. The highest BCUT2D eigenvalue weighted by Crippen LogP contribution is 2.49. The van der Waals surface area contributed by atoms with Crippen molar-refractivity contribution < 1.29 is 5.11 Å². The fourth-order valence-corrected chi connectivity index (χ4v) is 4.63. The van der Waals surface area contributed by atoms with E-state index in [4.69, 9.17) is 0 Å². The summed E-state index contributed by atoms with van der Waals surface area (Å²) < 4.78 is 0. The maximum atomic E-state index is 9.89. The first kappa shape index (κ1) is 15.8. The summed E-state index contributed by atoms with van der Waals surface area (Å²) in [6, 6.07) is 6.65. The largest absolute Gasteiger partial charge is 0.508 e. The Bertz CT molecular complexity index is 470. The predicted octanol–water partition coefficient (Wildman–Crippen LogP) is 3.95. The van der Waals surface area contributed by atoms with Crippen molar-refractivity contribution >= 4 is 17.0 Å².